The minimum absolute atomic E-state index is 0.155. The number of hydrogen-bond acceptors (Lipinski definition) is 3. The van der Waals surface area contributed by atoms with E-state index in [2.05, 4.69) is 35.8 Å². The van der Waals surface area contributed by atoms with Crippen LogP contribution in [0.15, 0.2) is 42.2 Å². The third-order valence-corrected chi connectivity index (χ3v) is 4.65. The van der Waals surface area contributed by atoms with Gasteiger partial charge in [-0.3, -0.25) is 11.3 Å². The molecule has 0 amide bonds. The zero-order valence-electron chi connectivity index (χ0n) is 11.3. The molecule has 0 radical (unpaired) electrons. The molecule has 1 fully saturated rings. The molecule has 0 saturated heterocycles. The average Bonchev–Trinajstić information content (AvgIpc) is 2.44. The second kappa shape index (κ2) is 5.35. The lowest BCUT2D eigenvalue weighted by Gasteiger charge is -2.49. The Hall–Kier alpha value is -1.32. The first-order valence-electron chi connectivity index (χ1n) is 7.19. The molecule has 0 aromatic heterocycles. The normalized spacial score (nSPS) is 22.9. The molecule has 0 spiro atoms. The van der Waals surface area contributed by atoms with Gasteiger partial charge in [-0.2, -0.15) is 0 Å². The molecule has 1 atom stereocenters. The van der Waals surface area contributed by atoms with Gasteiger partial charge in [-0.25, -0.2) is 0 Å². The Morgan fingerprint density at radius 3 is 2.47 bits per heavy atom. The van der Waals surface area contributed by atoms with Gasteiger partial charge in [0.25, 0.3) is 0 Å². The number of nitrogens with two attached hydrogens (primary N) is 1. The van der Waals surface area contributed by atoms with Crippen LogP contribution < -0.4 is 11.3 Å². The Labute approximate surface area is 114 Å². The monoisotopic (exact) mass is 258 g/mol. The first-order chi connectivity index (χ1) is 9.37. The lowest BCUT2D eigenvalue weighted by Crippen LogP contribution is -2.56. The first kappa shape index (κ1) is 12.7. The van der Waals surface area contributed by atoms with Crippen LogP contribution in [0.2, 0.25) is 0 Å². The summed E-state index contributed by atoms with van der Waals surface area (Å²) in [5, 5.41) is 0. The second-order valence-corrected chi connectivity index (χ2v) is 5.64. The molecule has 1 aromatic rings. The highest BCUT2D eigenvalue weighted by atomic mass is 16.5. The van der Waals surface area contributed by atoms with E-state index in [1.54, 1.807) is 0 Å². The number of benzene rings is 1. The van der Waals surface area contributed by atoms with E-state index in [1.165, 1.54) is 30.4 Å². The molecule has 3 rings (SSSR count). The highest BCUT2D eigenvalue weighted by Crippen LogP contribution is 2.48. The molecular weight excluding hydrogens is 236 g/mol. The van der Waals surface area contributed by atoms with Crippen molar-refractivity contribution in [3.05, 3.63) is 47.7 Å². The van der Waals surface area contributed by atoms with Crippen molar-refractivity contribution in [2.24, 2.45) is 5.84 Å². The number of hydrazine groups is 1. The van der Waals surface area contributed by atoms with E-state index in [0.29, 0.717) is 0 Å². The van der Waals surface area contributed by atoms with Crippen molar-refractivity contribution in [1.29, 1.82) is 0 Å². The van der Waals surface area contributed by atoms with Crippen molar-refractivity contribution in [2.45, 2.75) is 43.6 Å². The SMILES string of the molecule is NNC(C1=COCCC1)C1(c2ccccc2)CCC1. The fourth-order valence-corrected chi connectivity index (χ4v) is 3.49. The summed E-state index contributed by atoms with van der Waals surface area (Å²) >= 11 is 0. The highest BCUT2D eigenvalue weighted by molar-refractivity contribution is 5.35. The molecule has 1 aromatic carbocycles. The Bertz CT molecular complexity index is 451. The largest absolute Gasteiger partial charge is 0.501 e. The summed E-state index contributed by atoms with van der Waals surface area (Å²) in [5.74, 6) is 5.89. The topological polar surface area (TPSA) is 47.3 Å². The van der Waals surface area contributed by atoms with Gasteiger partial charge >= 0.3 is 0 Å². The van der Waals surface area contributed by atoms with Gasteiger partial charge in [0, 0.05) is 5.41 Å². The van der Waals surface area contributed by atoms with Crippen LogP contribution in [0.4, 0.5) is 0 Å². The zero-order valence-corrected chi connectivity index (χ0v) is 11.3. The third-order valence-electron chi connectivity index (χ3n) is 4.65. The van der Waals surface area contributed by atoms with Gasteiger partial charge in [-0.1, -0.05) is 36.8 Å². The summed E-state index contributed by atoms with van der Waals surface area (Å²) in [6, 6.07) is 11.0. The summed E-state index contributed by atoms with van der Waals surface area (Å²) in [6.45, 7) is 0.832. The van der Waals surface area contributed by atoms with Crippen LogP contribution in [0.25, 0.3) is 0 Å². The molecule has 2 aliphatic rings. The van der Waals surface area contributed by atoms with Gasteiger partial charge in [0.15, 0.2) is 0 Å². The van der Waals surface area contributed by atoms with E-state index in [0.717, 1.165) is 19.4 Å². The average molecular weight is 258 g/mol. The Balaban J connectivity index is 1.93. The lowest BCUT2D eigenvalue weighted by atomic mass is 9.58. The summed E-state index contributed by atoms with van der Waals surface area (Å²) in [5.41, 5.74) is 5.94. The van der Waals surface area contributed by atoms with Crippen molar-refractivity contribution in [3.8, 4) is 0 Å². The maximum Gasteiger partial charge on any atom is 0.0876 e. The highest BCUT2D eigenvalue weighted by Gasteiger charge is 2.46. The molecule has 1 unspecified atom stereocenters. The fourth-order valence-electron chi connectivity index (χ4n) is 3.49. The lowest BCUT2D eigenvalue weighted by molar-refractivity contribution is 0.165. The predicted molar refractivity (Wildman–Crippen MR) is 76.4 cm³/mol. The minimum Gasteiger partial charge on any atom is -0.501 e. The van der Waals surface area contributed by atoms with E-state index in [1.807, 2.05) is 6.26 Å². The molecular formula is C16H22N2O. The molecule has 102 valence electrons. The number of nitrogens with one attached hydrogen (secondary N) is 1. The maximum absolute atomic E-state index is 5.89. The molecule has 0 bridgehead atoms. The number of hydrogen-bond donors (Lipinski definition) is 2. The smallest absolute Gasteiger partial charge is 0.0876 e. The van der Waals surface area contributed by atoms with Crippen LogP contribution in [0.5, 0.6) is 0 Å². The standard InChI is InChI=1S/C16H22N2O/c17-18-15(13-6-4-11-19-12-13)16(9-5-10-16)14-7-2-1-3-8-14/h1-3,7-8,12,15,18H,4-6,9-11,17H2. The van der Waals surface area contributed by atoms with Crippen LogP contribution >= 0.6 is 0 Å². The molecule has 1 aliphatic carbocycles. The van der Waals surface area contributed by atoms with Crippen molar-refractivity contribution >= 4 is 0 Å². The van der Waals surface area contributed by atoms with Gasteiger partial charge in [0.05, 0.1) is 18.9 Å². The number of rotatable bonds is 4. The summed E-state index contributed by atoms with van der Waals surface area (Å²) < 4.78 is 5.51. The summed E-state index contributed by atoms with van der Waals surface area (Å²) in [4.78, 5) is 0. The Morgan fingerprint density at radius 2 is 1.95 bits per heavy atom. The first-order valence-corrected chi connectivity index (χ1v) is 7.19. The molecule has 1 saturated carbocycles. The van der Waals surface area contributed by atoms with Gasteiger partial charge in [0.1, 0.15) is 0 Å². The summed E-state index contributed by atoms with van der Waals surface area (Å²) in [6.07, 6.45) is 7.78. The van der Waals surface area contributed by atoms with Gasteiger partial charge in [-0.05, 0) is 36.8 Å². The molecule has 3 N–H and O–H groups in total. The van der Waals surface area contributed by atoms with Crippen LogP contribution in [-0.2, 0) is 10.2 Å². The molecule has 3 nitrogen and oxygen atoms in total. The second-order valence-electron chi connectivity index (χ2n) is 5.64. The van der Waals surface area contributed by atoms with Crippen molar-refractivity contribution in [2.75, 3.05) is 6.61 Å². The minimum atomic E-state index is 0.155. The quantitative estimate of drug-likeness (QED) is 0.644. The van der Waals surface area contributed by atoms with E-state index in [4.69, 9.17) is 10.6 Å². The predicted octanol–water partition coefficient (Wildman–Crippen LogP) is 2.63. The van der Waals surface area contributed by atoms with E-state index < -0.39 is 0 Å². The van der Waals surface area contributed by atoms with Crippen LogP contribution in [-0.4, -0.2) is 12.6 Å². The summed E-state index contributed by atoms with van der Waals surface area (Å²) in [7, 11) is 0. The van der Waals surface area contributed by atoms with Crippen LogP contribution in [0.1, 0.15) is 37.7 Å². The Kier molecular flexibility index (Phi) is 3.58. The van der Waals surface area contributed by atoms with Crippen molar-refractivity contribution in [3.63, 3.8) is 0 Å². The van der Waals surface area contributed by atoms with E-state index in [9.17, 15) is 0 Å². The van der Waals surface area contributed by atoms with E-state index >= 15 is 0 Å². The molecule has 19 heavy (non-hydrogen) atoms. The molecule has 1 heterocycles. The maximum atomic E-state index is 5.89. The van der Waals surface area contributed by atoms with E-state index in [-0.39, 0.29) is 11.5 Å². The van der Waals surface area contributed by atoms with Crippen molar-refractivity contribution < 1.29 is 4.74 Å². The zero-order chi connectivity index (χ0) is 13.1. The molecule has 3 heteroatoms. The van der Waals surface area contributed by atoms with Crippen LogP contribution in [0, 0.1) is 0 Å². The van der Waals surface area contributed by atoms with Gasteiger partial charge in [-0.15, -0.1) is 0 Å². The van der Waals surface area contributed by atoms with Crippen molar-refractivity contribution in [1.82, 2.24) is 5.43 Å². The number of ether oxygens (including phenoxy) is 1. The van der Waals surface area contributed by atoms with Gasteiger partial charge in [0.2, 0.25) is 0 Å². The Morgan fingerprint density at radius 1 is 1.16 bits per heavy atom. The fraction of sp³-hybridized carbons (Fsp3) is 0.500. The van der Waals surface area contributed by atoms with Crippen LogP contribution in [0.3, 0.4) is 0 Å². The third kappa shape index (κ3) is 2.17. The van der Waals surface area contributed by atoms with Gasteiger partial charge < -0.3 is 4.74 Å². The molecule has 1 aliphatic heterocycles.